The first-order valence-electron chi connectivity index (χ1n) is 9.42. The highest BCUT2D eigenvalue weighted by Gasteiger charge is 2.39. The minimum Gasteiger partial charge on any atom is -0.356 e. The van der Waals surface area contributed by atoms with E-state index in [4.69, 9.17) is 0 Å². The molecular weight excluding hydrogens is 314 g/mol. The van der Waals surface area contributed by atoms with E-state index in [0.717, 1.165) is 45.4 Å². The van der Waals surface area contributed by atoms with Crippen LogP contribution >= 0.6 is 0 Å². The summed E-state index contributed by atoms with van der Waals surface area (Å²) in [5.41, 5.74) is 0.206. The van der Waals surface area contributed by atoms with Gasteiger partial charge in [-0.2, -0.15) is 0 Å². The largest absolute Gasteiger partial charge is 0.356 e. The fourth-order valence-corrected chi connectivity index (χ4v) is 3.93. The molecule has 1 aromatic rings. The number of hydrogen-bond acceptors (Lipinski definition) is 3. The summed E-state index contributed by atoms with van der Waals surface area (Å²) < 4.78 is 0. The summed E-state index contributed by atoms with van der Waals surface area (Å²) in [5.74, 6) is 0.788. The molecule has 0 bridgehead atoms. The summed E-state index contributed by atoms with van der Waals surface area (Å²) in [6.07, 6.45) is 3.94. The van der Waals surface area contributed by atoms with E-state index in [2.05, 4.69) is 10.6 Å². The van der Waals surface area contributed by atoms with Crippen LogP contribution in [0.1, 0.15) is 43.0 Å². The van der Waals surface area contributed by atoms with Gasteiger partial charge in [0.1, 0.15) is 0 Å². The molecule has 3 rings (SSSR count). The van der Waals surface area contributed by atoms with Crippen LogP contribution in [-0.2, 0) is 4.79 Å². The van der Waals surface area contributed by atoms with Crippen molar-refractivity contribution in [1.82, 2.24) is 15.5 Å². The predicted octanol–water partition coefficient (Wildman–Crippen LogP) is 2.04. The molecule has 2 N–H and O–H groups in total. The zero-order valence-corrected chi connectivity index (χ0v) is 15.1. The fraction of sp³-hybridized carbons (Fsp3) is 0.600. The molecule has 2 saturated heterocycles. The van der Waals surface area contributed by atoms with Crippen molar-refractivity contribution >= 4 is 11.8 Å². The second-order valence-corrected chi connectivity index (χ2v) is 7.66. The molecule has 5 heteroatoms. The predicted molar refractivity (Wildman–Crippen MR) is 98.3 cm³/mol. The summed E-state index contributed by atoms with van der Waals surface area (Å²) in [5, 5.41) is 6.47. The van der Waals surface area contributed by atoms with Crippen molar-refractivity contribution in [1.29, 1.82) is 0 Å². The second kappa shape index (κ2) is 8.00. The number of nitrogens with one attached hydrogen (secondary N) is 2. The van der Waals surface area contributed by atoms with Crippen molar-refractivity contribution < 1.29 is 9.59 Å². The molecule has 2 aliphatic rings. The van der Waals surface area contributed by atoms with Gasteiger partial charge in [-0.3, -0.25) is 9.59 Å². The minimum atomic E-state index is -0.489. The lowest BCUT2D eigenvalue weighted by Crippen LogP contribution is -2.52. The molecule has 0 radical (unpaired) electrons. The molecule has 2 unspecified atom stereocenters. The molecule has 2 aliphatic heterocycles. The molecule has 2 fully saturated rings. The van der Waals surface area contributed by atoms with Crippen LogP contribution in [0.3, 0.4) is 0 Å². The highest BCUT2D eigenvalue weighted by Crippen LogP contribution is 2.30. The normalized spacial score (nSPS) is 26.4. The van der Waals surface area contributed by atoms with Crippen molar-refractivity contribution in [2.24, 2.45) is 11.3 Å². The van der Waals surface area contributed by atoms with Gasteiger partial charge in [-0.1, -0.05) is 18.2 Å². The maximum atomic E-state index is 12.7. The van der Waals surface area contributed by atoms with Gasteiger partial charge in [0.05, 0.1) is 5.41 Å². The molecule has 2 atom stereocenters. The second-order valence-electron chi connectivity index (χ2n) is 7.66. The van der Waals surface area contributed by atoms with E-state index in [9.17, 15) is 9.59 Å². The maximum absolute atomic E-state index is 12.7. The molecule has 0 aromatic heterocycles. The minimum absolute atomic E-state index is 0.0244. The average molecular weight is 343 g/mol. The van der Waals surface area contributed by atoms with E-state index in [1.807, 2.05) is 42.2 Å². The number of nitrogens with zero attached hydrogens (tertiary/aromatic N) is 1. The number of piperidine rings is 1. The van der Waals surface area contributed by atoms with Crippen LogP contribution in [0.4, 0.5) is 0 Å². The highest BCUT2D eigenvalue weighted by atomic mass is 16.2. The number of carbonyl (C=O) groups excluding carboxylic acids is 2. The summed E-state index contributed by atoms with van der Waals surface area (Å²) in [7, 11) is 0. The van der Waals surface area contributed by atoms with E-state index in [1.54, 1.807) is 0 Å². The lowest BCUT2D eigenvalue weighted by Gasteiger charge is -2.39. The van der Waals surface area contributed by atoms with Gasteiger partial charge in [0.2, 0.25) is 5.91 Å². The van der Waals surface area contributed by atoms with Crippen LogP contribution in [0.15, 0.2) is 30.3 Å². The number of carbonyl (C=O) groups is 2. The third kappa shape index (κ3) is 4.40. The number of amides is 2. The first-order valence-corrected chi connectivity index (χ1v) is 9.42. The molecule has 2 heterocycles. The van der Waals surface area contributed by atoms with E-state index >= 15 is 0 Å². The molecule has 136 valence electrons. The van der Waals surface area contributed by atoms with Crippen molar-refractivity contribution in [3.05, 3.63) is 35.9 Å². The Morgan fingerprint density at radius 3 is 2.84 bits per heavy atom. The van der Waals surface area contributed by atoms with Crippen molar-refractivity contribution in [2.75, 3.05) is 32.7 Å². The standard InChI is InChI=1S/C20H29N3O2/c1-20(19(25)22-12-9-16-8-11-21-14-16)10-5-13-23(15-20)18(24)17-6-3-2-4-7-17/h2-4,6-7,16,21H,5,8-15H2,1H3,(H,22,25). The van der Waals surface area contributed by atoms with Crippen LogP contribution in [-0.4, -0.2) is 49.4 Å². The molecular formula is C20H29N3O2. The van der Waals surface area contributed by atoms with Crippen molar-refractivity contribution in [2.45, 2.75) is 32.6 Å². The van der Waals surface area contributed by atoms with Crippen LogP contribution < -0.4 is 10.6 Å². The van der Waals surface area contributed by atoms with E-state index < -0.39 is 5.41 Å². The first kappa shape index (κ1) is 17.9. The van der Waals surface area contributed by atoms with E-state index in [0.29, 0.717) is 18.0 Å². The van der Waals surface area contributed by atoms with Gasteiger partial charge < -0.3 is 15.5 Å². The molecule has 2 amide bonds. The molecule has 1 aromatic carbocycles. The fourth-order valence-electron chi connectivity index (χ4n) is 3.93. The SMILES string of the molecule is CC1(C(=O)NCCC2CCNC2)CCCN(C(=O)c2ccccc2)C1. The van der Waals surface area contributed by atoms with Crippen LogP contribution in [0.25, 0.3) is 0 Å². The Labute approximate surface area is 150 Å². The number of hydrogen-bond donors (Lipinski definition) is 2. The number of likely N-dealkylation sites (tertiary alicyclic amines) is 1. The lowest BCUT2D eigenvalue weighted by molar-refractivity contribution is -0.132. The molecule has 25 heavy (non-hydrogen) atoms. The lowest BCUT2D eigenvalue weighted by atomic mass is 9.80. The van der Waals surface area contributed by atoms with Gasteiger partial charge in [-0.15, -0.1) is 0 Å². The molecule has 0 aliphatic carbocycles. The summed E-state index contributed by atoms with van der Waals surface area (Å²) in [6, 6.07) is 9.33. The smallest absolute Gasteiger partial charge is 0.253 e. The number of rotatable bonds is 5. The zero-order chi connectivity index (χ0) is 17.7. The van der Waals surface area contributed by atoms with Crippen molar-refractivity contribution in [3.8, 4) is 0 Å². The Morgan fingerprint density at radius 1 is 1.32 bits per heavy atom. The van der Waals surface area contributed by atoms with Crippen LogP contribution in [0, 0.1) is 11.3 Å². The molecule has 0 spiro atoms. The Bertz CT molecular complexity index is 598. The highest BCUT2D eigenvalue weighted by molar-refractivity contribution is 5.95. The summed E-state index contributed by atoms with van der Waals surface area (Å²) >= 11 is 0. The van der Waals surface area contributed by atoms with Gasteiger partial charge in [0.25, 0.3) is 5.91 Å². The van der Waals surface area contributed by atoms with E-state index in [-0.39, 0.29) is 11.8 Å². The van der Waals surface area contributed by atoms with Gasteiger partial charge in [0, 0.05) is 25.2 Å². The topological polar surface area (TPSA) is 61.4 Å². The van der Waals surface area contributed by atoms with Crippen LogP contribution in [0.5, 0.6) is 0 Å². The van der Waals surface area contributed by atoms with Gasteiger partial charge in [-0.05, 0) is 63.7 Å². The van der Waals surface area contributed by atoms with Crippen LogP contribution in [0.2, 0.25) is 0 Å². The molecule has 5 nitrogen and oxygen atoms in total. The Kier molecular flexibility index (Phi) is 5.74. The quantitative estimate of drug-likeness (QED) is 0.860. The summed E-state index contributed by atoms with van der Waals surface area (Å²) in [4.78, 5) is 27.3. The Balaban J connectivity index is 1.54. The maximum Gasteiger partial charge on any atom is 0.253 e. The monoisotopic (exact) mass is 343 g/mol. The third-order valence-electron chi connectivity index (χ3n) is 5.55. The van der Waals surface area contributed by atoms with Gasteiger partial charge in [-0.25, -0.2) is 0 Å². The zero-order valence-electron chi connectivity index (χ0n) is 15.1. The van der Waals surface area contributed by atoms with E-state index in [1.165, 1.54) is 6.42 Å². The Hall–Kier alpha value is -1.88. The third-order valence-corrected chi connectivity index (χ3v) is 5.55. The first-order chi connectivity index (χ1) is 12.1. The van der Waals surface area contributed by atoms with Gasteiger partial charge in [0.15, 0.2) is 0 Å². The van der Waals surface area contributed by atoms with Crippen molar-refractivity contribution in [3.63, 3.8) is 0 Å². The average Bonchev–Trinajstić information content (AvgIpc) is 3.15. The number of benzene rings is 1. The Morgan fingerprint density at radius 2 is 2.12 bits per heavy atom. The van der Waals surface area contributed by atoms with Gasteiger partial charge >= 0.3 is 0 Å². The molecule has 0 saturated carbocycles. The summed E-state index contributed by atoms with van der Waals surface area (Å²) in [6.45, 7) is 6.10.